The van der Waals surface area contributed by atoms with Crippen LogP contribution in [-0.4, -0.2) is 10.9 Å². The summed E-state index contributed by atoms with van der Waals surface area (Å²) < 4.78 is 0. The van der Waals surface area contributed by atoms with Crippen LogP contribution in [0, 0.1) is 12.8 Å². The predicted molar refractivity (Wildman–Crippen MR) is 94.6 cm³/mol. The highest BCUT2D eigenvalue weighted by molar-refractivity contribution is 5.94. The number of aryl methyl sites for hydroxylation is 1. The maximum absolute atomic E-state index is 12.5. The van der Waals surface area contributed by atoms with E-state index < -0.39 is 0 Å². The number of carbonyl (C=O) groups is 1. The summed E-state index contributed by atoms with van der Waals surface area (Å²) >= 11 is 0. The highest BCUT2D eigenvalue weighted by Gasteiger charge is 2.19. The van der Waals surface area contributed by atoms with Gasteiger partial charge in [0.25, 0.3) is 5.91 Å². The van der Waals surface area contributed by atoms with Gasteiger partial charge in [0, 0.05) is 11.9 Å². The topological polar surface area (TPSA) is 42.0 Å². The molecule has 1 aromatic carbocycles. The lowest BCUT2D eigenvalue weighted by Gasteiger charge is -2.23. The molecule has 23 heavy (non-hydrogen) atoms. The third kappa shape index (κ3) is 4.41. The average molecular weight is 310 g/mol. The zero-order valence-electron chi connectivity index (χ0n) is 14.6. The summed E-state index contributed by atoms with van der Waals surface area (Å²) in [6.45, 7) is 10.5. The molecule has 0 spiro atoms. The fourth-order valence-corrected chi connectivity index (χ4v) is 2.55. The van der Waals surface area contributed by atoms with Crippen molar-refractivity contribution in [3.8, 4) is 0 Å². The van der Waals surface area contributed by atoms with Crippen LogP contribution in [-0.2, 0) is 0 Å². The quantitative estimate of drug-likeness (QED) is 0.874. The Bertz CT molecular complexity index is 642. The number of nitrogens with zero attached hydrogens (tertiary/aromatic N) is 1. The van der Waals surface area contributed by atoms with E-state index in [1.165, 1.54) is 5.56 Å². The van der Waals surface area contributed by atoms with Crippen molar-refractivity contribution in [2.75, 3.05) is 0 Å². The fourth-order valence-electron chi connectivity index (χ4n) is 2.55. The van der Waals surface area contributed by atoms with Crippen LogP contribution in [0.2, 0.25) is 0 Å². The van der Waals surface area contributed by atoms with E-state index in [4.69, 9.17) is 0 Å². The number of nitrogens with one attached hydrogen (secondary N) is 1. The molecule has 1 unspecified atom stereocenters. The second-order valence-electron chi connectivity index (χ2n) is 6.70. The van der Waals surface area contributed by atoms with E-state index in [0.717, 1.165) is 11.3 Å². The highest BCUT2D eigenvalue weighted by atomic mass is 16.1. The number of pyridine rings is 1. The molecule has 122 valence electrons. The smallest absolute Gasteiger partial charge is 0.253 e. The minimum atomic E-state index is -0.0795. The van der Waals surface area contributed by atoms with E-state index in [2.05, 4.69) is 62.3 Å². The van der Waals surface area contributed by atoms with Crippen molar-refractivity contribution in [1.82, 2.24) is 10.3 Å². The first-order chi connectivity index (χ1) is 10.9. The molecule has 1 atom stereocenters. The van der Waals surface area contributed by atoms with Crippen molar-refractivity contribution in [3.05, 3.63) is 65.0 Å². The van der Waals surface area contributed by atoms with E-state index >= 15 is 0 Å². The summed E-state index contributed by atoms with van der Waals surface area (Å²) in [5.74, 6) is 0.737. The lowest BCUT2D eigenvalue weighted by atomic mass is 9.93. The lowest BCUT2D eigenvalue weighted by molar-refractivity contribution is 0.0925. The van der Waals surface area contributed by atoms with Crippen molar-refractivity contribution in [3.63, 3.8) is 0 Å². The first-order valence-electron chi connectivity index (χ1n) is 8.22. The standard InChI is InChI=1S/C20H26N2O/c1-13(2)16-8-10-17(11-9-16)19(14(3)4)22-20(23)18-7-6-15(5)21-12-18/h6-14,19H,1-5H3,(H,22,23). The number of rotatable bonds is 5. The molecular weight excluding hydrogens is 284 g/mol. The molecule has 0 saturated heterocycles. The summed E-state index contributed by atoms with van der Waals surface area (Å²) in [4.78, 5) is 16.7. The molecule has 2 rings (SSSR count). The van der Waals surface area contributed by atoms with Crippen LogP contribution < -0.4 is 5.32 Å². The minimum absolute atomic E-state index is 0.00925. The SMILES string of the molecule is Cc1ccc(C(=O)NC(c2ccc(C(C)C)cc2)C(C)C)cn1. The van der Waals surface area contributed by atoms with Gasteiger partial charge in [-0.05, 0) is 42.0 Å². The van der Waals surface area contributed by atoms with Gasteiger partial charge in [0.15, 0.2) is 0 Å². The molecule has 1 aromatic heterocycles. The Hall–Kier alpha value is -2.16. The Morgan fingerprint density at radius 1 is 0.957 bits per heavy atom. The van der Waals surface area contributed by atoms with Crippen LogP contribution in [0.25, 0.3) is 0 Å². The fraction of sp³-hybridized carbons (Fsp3) is 0.400. The van der Waals surface area contributed by atoms with Gasteiger partial charge in [0.2, 0.25) is 0 Å². The van der Waals surface area contributed by atoms with Crippen LogP contribution in [0.4, 0.5) is 0 Å². The average Bonchev–Trinajstić information content (AvgIpc) is 2.53. The second kappa shape index (κ2) is 7.40. The molecule has 3 nitrogen and oxygen atoms in total. The number of hydrogen-bond donors (Lipinski definition) is 1. The maximum Gasteiger partial charge on any atom is 0.253 e. The van der Waals surface area contributed by atoms with Gasteiger partial charge in [0.05, 0.1) is 11.6 Å². The number of hydrogen-bond acceptors (Lipinski definition) is 2. The number of amides is 1. The Labute approximate surface area is 139 Å². The molecule has 0 bridgehead atoms. The highest BCUT2D eigenvalue weighted by Crippen LogP contribution is 2.24. The molecule has 0 saturated carbocycles. The van der Waals surface area contributed by atoms with E-state index in [0.29, 0.717) is 17.4 Å². The Balaban J connectivity index is 2.18. The number of benzene rings is 1. The van der Waals surface area contributed by atoms with Gasteiger partial charge in [-0.25, -0.2) is 0 Å². The van der Waals surface area contributed by atoms with E-state index in [-0.39, 0.29) is 11.9 Å². The van der Waals surface area contributed by atoms with Gasteiger partial charge in [0.1, 0.15) is 0 Å². The monoisotopic (exact) mass is 310 g/mol. The molecular formula is C20H26N2O. The summed E-state index contributed by atoms with van der Waals surface area (Å²) in [5.41, 5.74) is 3.95. The van der Waals surface area contributed by atoms with Gasteiger partial charge in [-0.15, -0.1) is 0 Å². The van der Waals surface area contributed by atoms with Crippen LogP contribution in [0.1, 0.15) is 66.8 Å². The van der Waals surface area contributed by atoms with Gasteiger partial charge in [-0.3, -0.25) is 9.78 Å². The number of aromatic nitrogens is 1. The third-order valence-electron chi connectivity index (χ3n) is 4.09. The van der Waals surface area contributed by atoms with E-state index in [9.17, 15) is 4.79 Å². The van der Waals surface area contributed by atoms with Crippen LogP contribution >= 0.6 is 0 Å². The van der Waals surface area contributed by atoms with Crippen molar-refractivity contribution in [2.45, 2.75) is 46.6 Å². The van der Waals surface area contributed by atoms with Crippen molar-refractivity contribution >= 4 is 5.91 Å². The summed E-state index contributed by atoms with van der Waals surface area (Å²) in [5, 5.41) is 3.14. The minimum Gasteiger partial charge on any atom is -0.345 e. The molecule has 3 heteroatoms. The number of carbonyl (C=O) groups excluding carboxylic acids is 1. The van der Waals surface area contributed by atoms with Crippen LogP contribution in [0.5, 0.6) is 0 Å². The van der Waals surface area contributed by atoms with Gasteiger partial charge in [-0.1, -0.05) is 52.0 Å². The van der Waals surface area contributed by atoms with Crippen molar-refractivity contribution in [1.29, 1.82) is 0 Å². The molecule has 0 aliphatic rings. The molecule has 0 radical (unpaired) electrons. The van der Waals surface area contributed by atoms with E-state index in [1.807, 2.05) is 19.1 Å². The van der Waals surface area contributed by atoms with Crippen molar-refractivity contribution in [2.24, 2.45) is 5.92 Å². The van der Waals surface area contributed by atoms with Crippen LogP contribution in [0.15, 0.2) is 42.6 Å². The van der Waals surface area contributed by atoms with Gasteiger partial charge < -0.3 is 5.32 Å². The van der Waals surface area contributed by atoms with Crippen molar-refractivity contribution < 1.29 is 4.79 Å². The molecule has 1 heterocycles. The summed E-state index contributed by atoms with van der Waals surface area (Å²) in [7, 11) is 0. The lowest BCUT2D eigenvalue weighted by Crippen LogP contribution is -2.31. The zero-order valence-corrected chi connectivity index (χ0v) is 14.6. The van der Waals surface area contributed by atoms with Crippen LogP contribution in [0.3, 0.4) is 0 Å². The maximum atomic E-state index is 12.5. The third-order valence-corrected chi connectivity index (χ3v) is 4.09. The Morgan fingerprint density at radius 2 is 1.57 bits per heavy atom. The summed E-state index contributed by atoms with van der Waals surface area (Å²) in [6.07, 6.45) is 1.63. The largest absolute Gasteiger partial charge is 0.345 e. The summed E-state index contributed by atoms with van der Waals surface area (Å²) in [6, 6.07) is 12.2. The first-order valence-corrected chi connectivity index (χ1v) is 8.22. The molecule has 0 fully saturated rings. The second-order valence-corrected chi connectivity index (χ2v) is 6.70. The normalized spacial score (nSPS) is 12.5. The molecule has 2 aromatic rings. The van der Waals surface area contributed by atoms with Gasteiger partial charge in [-0.2, -0.15) is 0 Å². The molecule has 0 aliphatic heterocycles. The zero-order chi connectivity index (χ0) is 17.0. The van der Waals surface area contributed by atoms with E-state index in [1.54, 1.807) is 6.20 Å². The first kappa shape index (κ1) is 17.2. The van der Waals surface area contributed by atoms with Gasteiger partial charge >= 0.3 is 0 Å². The Kier molecular flexibility index (Phi) is 5.54. The Morgan fingerprint density at radius 3 is 2.04 bits per heavy atom. The molecule has 0 aliphatic carbocycles. The predicted octanol–water partition coefficient (Wildman–Crippen LogP) is 4.64. The molecule has 1 amide bonds. The molecule has 1 N–H and O–H groups in total.